The third-order valence-corrected chi connectivity index (χ3v) is 8.90. The van der Waals surface area contributed by atoms with Crippen LogP contribution in [0, 0.1) is 0 Å². The maximum Gasteiger partial charge on any atom is 0.303 e. The Morgan fingerprint density at radius 2 is 1.65 bits per heavy atom. The summed E-state index contributed by atoms with van der Waals surface area (Å²) in [5, 5.41) is 28.7. The number of carbonyl (C=O) groups excluding carboxylic acids is 1. The molecule has 4 N–H and O–H groups in total. The third kappa shape index (κ3) is 9.98. The molecule has 5 rings (SSSR count). The molecule has 0 unspecified atom stereocenters. The minimum Gasteiger partial charge on any atom is -0.481 e. The van der Waals surface area contributed by atoms with E-state index in [1.54, 1.807) is 11.8 Å². The Kier molecular flexibility index (Phi) is 12.4. The second kappa shape index (κ2) is 17.0. The molecule has 1 amide bonds. The average Bonchev–Trinajstić information content (AvgIpc) is 3.62. The molecule has 46 heavy (non-hydrogen) atoms. The molecule has 1 aromatic heterocycles. The van der Waals surface area contributed by atoms with E-state index >= 15 is 0 Å². The first-order valence-corrected chi connectivity index (χ1v) is 16.6. The van der Waals surface area contributed by atoms with Crippen LogP contribution < -0.4 is 5.32 Å². The minimum absolute atomic E-state index is 0.000600. The zero-order chi connectivity index (χ0) is 32.1. The van der Waals surface area contributed by atoms with Gasteiger partial charge in [-0.1, -0.05) is 91.3 Å². The van der Waals surface area contributed by atoms with Gasteiger partial charge in [0.25, 0.3) is 0 Å². The highest BCUT2D eigenvalue weighted by Gasteiger charge is 2.32. The number of hydrogen-bond acceptors (Lipinski definition) is 8. The van der Waals surface area contributed by atoms with Crippen molar-refractivity contribution in [1.82, 2.24) is 20.5 Å². The minimum atomic E-state index is -0.775. The SMILES string of the molecule is O=C(O)CCCCCCC(=O)NCc1cccc(-c2ccc([C@H]3O[C@@H](CSc4ncn[nH]4)C[C@@H](c4ccc(CO)cc4)O3)cc2)c1. The van der Waals surface area contributed by atoms with Gasteiger partial charge in [-0.05, 0) is 46.7 Å². The molecule has 1 saturated heterocycles. The number of aromatic amines is 1. The number of nitrogens with zero attached hydrogens (tertiary/aromatic N) is 2. The maximum atomic E-state index is 12.3. The Labute approximate surface area is 272 Å². The van der Waals surface area contributed by atoms with Gasteiger partial charge < -0.3 is 25.0 Å². The van der Waals surface area contributed by atoms with E-state index in [0.29, 0.717) is 31.6 Å². The Balaban J connectivity index is 1.19. The predicted molar refractivity (Wildman–Crippen MR) is 175 cm³/mol. The average molecular weight is 645 g/mol. The van der Waals surface area contributed by atoms with Crippen molar-refractivity contribution in [1.29, 1.82) is 0 Å². The number of ether oxygens (including phenoxy) is 2. The number of rotatable bonds is 16. The highest BCUT2D eigenvalue weighted by Crippen LogP contribution is 2.39. The molecule has 4 aromatic rings. The van der Waals surface area contributed by atoms with Gasteiger partial charge in [-0.2, -0.15) is 5.10 Å². The second-order valence-corrected chi connectivity index (χ2v) is 12.4. The summed E-state index contributed by atoms with van der Waals surface area (Å²) in [4.78, 5) is 27.1. The molecule has 0 saturated carbocycles. The summed E-state index contributed by atoms with van der Waals surface area (Å²) < 4.78 is 12.9. The summed E-state index contributed by atoms with van der Waals surface area (Å²) >= 11 is 1.56. The number of unbranched alkanes of at least 4 members (excludes halogenated alkanes) is 3. The number of aliphatic carboxylic acids is 1. The first-order chi connectivity index (χ1) is 22.5. The molecule has 1 aliphatic rings. The molecule has 3 aromatic carbocycles. The molecule has 0 aliphatic carbocycles. The van der Waals surface area contributed by atoms with E-state index in [1.165, 1.54) is 6.33 Å². The normalized spacial score (nSPS) is 17.9. The van der Waals surface area contributed by atoms with Gasteiger partial charge >= 0.3 is 5.97 Å². The fraction of sp³-hybridized carbons (Fsp3) is 0.371. The van der Waals surface area contributed by atoms with Crippen molar-refractivity contribution in [3.8, 4) is 11.1 Å². The van der Waals surface area contributed by atoms with Crippen LogP contribution >= 0.6 is 11.8 Å². The van der Waals surface area contributed by atoms with Crippen LogP contribution in [0.3, 0.4) is 0 Å². The van der Waals surface area contributed by atoms with Crippen molar-refractivity contribution in [2.45, 2.75) is 81.8 Å². The van der Waals surface area contributed by atoms with Crippen molar-refractivity contribution in [2.24, 2.45) is 0 Å². The monoisotopic (exact) mass is 644 g/mol. The number of carboxylic acid groups (broad SMARTS) is 1. The van der Waals surface area contributed by atoms with Gasteiger partial charge in [0, 0.05) is 37.1 Å². The van der Waals surface area contributed by atoms with Crippen molar-refractivity contribution in [3.05, 3.63) is 101 Å². The Morgan fingerprint density at radius 1 is 0.891 bits per heavy atom. The predicted octanol–water partition coefficient (Wildman–Crippen LogP) is 6.34. The van der Waals surface area contributed by atoms with E-state index < -0.39 is 12.3 Å². The van der Waals surface area contributed by atoms with Crippen molar-refractivity contribution in [3.63, 3.8) is 0 Å². The van der Waals surface area contributed by atoms with Crippen LogP contribution in [0.25, 0.3) is 11.1 Å². The molecule has 0 spiro atoms. The maximum absolute atomic E-state index is 12.3. The van der Waals surface area contributed by atoms with Crippen LogP contribution in [0.1, 0.15) is 79.6 Å². The quantitative estimate of drug-likeness (QED) is 0.0810. The summed E-state index contributed by atoms with van der Waals surface area (Å²) in [6.07, 6.45) is 5.07. The number of H-pyrrole nitrogens is 1. The molecule has 2 heterocycles. The van der Waals surface area contributed by atoms with Gasteiger partial charge in [0.1, 0.15) is 6.33 Å². The van der Waals surface area contributed by atoms with Gasteiger partial charge in [0.15, 0.2) is 11.4 Å². The molecule has 1 fully saturated rings. The van der Waals surface area contributed by atoms with Crippen molar-refractivity contribution < 1.29 is 29.3 Å². The lowest BCUT2D eigenvalue weighted by Crippen LogP contribution is -2.31. The van der Waals surface area contributed by atoms with E-state index in [9.17, 15) is 14.7 Å². The summed E-state index contributed by atoms with van der Waals surface area (Å²) in [6.45, 7) is 0.443. The number of benzene rings is 3. The number of aliphatic hydroxyl groups excluding tert-OH is 1. The van der Waals surface area contributed by atoms with Crippen LogP contribution in [0.2, 0.25) is 0 Å². The number of carbonyl (C=O) groups is 2. The Bertz CT molecular complexity index is 1530. The lowest BCUT2D eigenvalue weighted by Gasteiger charge is -2.36. The van der Waals surface area contributed by atoms with Gasteiger partial charge in [-0.15, -0.1) is 0 Å². The highest BCUT2D eigenvalue weighted by atomic mass is 32.2. The number of carboxylic acids is 1. The lowest BCUT2D eigenvalue weighted by molar-refractivity contribution is -0.245. The number of nitrogens with one attached hydrogen (secondary N) is 2. The van der Waals surface area contributed by atoms with Gasteiger partial charge in [0.05, 0.1) is 18.8 Å². The first-order valence-electron chi connectivity index (χ1n) is 15.6. The van der Waals surface area contributed by atoms with Gasteiger partial charge in [-0.25, -0.2) is 4.98 Å². The number of hydrogen-bond donors (Lipinski definition) is 4. The molecule has 11 heteroatoms. The topological polar surface area (TPSA) is 147 Å². The number of thioether (sulfide) groups is 1. The lowest BCUT2D eigenvalue weighted by atomic mass is 9.99. The van der Waals surface area contributed by atoms with Crippen LogP contribution in [-0.4, -0.2) is 49.1 Å². The van der Waals surface area contributed by atoms with Crippen molar-refractivity contribution in [2.75, 3.05) is 5.75 Å². The fourth-order valence-corrected chi connectivity index (χ4v) is 6.15. The molecular weight excluding hydrogens is 604 g/mol. The van der Waals surface area contributed by atoms with Gasteiger partial charge in [0.2, 0.25) is 5.91 Å². The Morgan fingerprint density at radius 3 is 2.37 bits per heavy atom. The molecule has 0 bridgehead atoms. The highest BCUT2D eigenvalue weighted by molar-refractivity contribution is 7.99. The smallest absolute Gasteiger partial charge is 0.303 e. The molecule has 3 atom stereocenters. The van der Waals surface area contributed by atoms with Crippen LogP contribution in [0.4, 0.5) is 0 Å². The van der Waals surface area contributed by atoms with Crippen LogP contribution in [0.15, 0.2) is 84.3 Å². The largest absolute Gasteiger partial charge is 0.481 e. The van der Waals surface area contributed by atoms with E-state index in [2.05, 4.69) is 38.7 Å². The molecular formula is C35H40N4O6S. The van der Waals surface area contributed by atoms with E-state index in [4.69, 9.17) is 14.6 Å². The molecule has 1 aliphatic heterocycles. The summed E-state index contributed by atoms with van der Waals surface area (Å²) in [5.41, 5.74) is 5.91. The Hall–Kier alpha value is -4.03. The van der Waals surface area contributed by atoms with E-state index in [1.807, 2.05) is 54.6 Å². The first kappa shape index (κ1) is 33.3. The van der Waals surface area contributed by atoms with Gasteiger partial charge in [-0.3, -0.25) is 14.7 Å². The van der Waals surface area contributed by atoms with Crippen LogP contribution in [-0.2, 0) is 32.2 Å². The van der Waals surface area contributed by atoms with Crippen LogP contribution in [0.5, 0.6) is 0 Å². The fourth-order valence-electron chi connectivity index (χ4n) is 5.36. The van der Waals surface area contributed by atoms with Crippen molar-refractivity contribution >= 4 is 23.6 Å². The van der Waals surface area contributed by atoms with E-state index in [-0.39, 0.29) is 31.1 Å². The zero-order valence-corrected chi connectivity index (χ0v) is 26.5. The summed E-state index contributed by atoms with van der Waals surface area (Å²) in [7, 11) is 0. The molecule has 242 valence electrons. The molecule has 0 radical (unpaired) electrons. The van der Waals surface area contributed by atoms with E-state index in [0.717, 1.165) is 57.8 Å². The zero-order valence-electron chi connectivity index (χ0n) is 25.6. The summed E-state index contributed by atoms with van der Waals surface area (Å²) in [5.74, 6) is -0.0857. The number of aromatic nitrogens is 3. The standard InChI is InChI=1S/C35H40N4O6S/c40-21-24-10-12-27(13-11-24)31-19-30(22-46-35-37-23-38-39-35)44-34(45-31)28-16-14-26(15-17-28)29-7-5-6-25(18-29)20-36-32(41)8-3-1-2-4-9-33(42)43/h5-7,10-18,23,30-31,34,40H,1-4,8-9,19-22H2,(H,36,41)(H,42,43)(H,37,38,39)/t30-,31+,34+/m1/s1. The number of aliphatic hydroxyl groups is 1. The second-order valence-electron chi connectivity index (χ2n) is 11.4. The molecule has 10 nitrogen and oxygen atoms in total. The number of amides is 1. The third-order valence-electron chi connectivity index (χ3n) is 7.89. The summed E-state index contributed by atoms with van der Waals surface area (Å²) in [6, 6.07) is 24.1.